The highest BCUT2D eigenvalue weighted by Crippen LogP contribution is 2.42. The molecule has 0 unspecified atom stereocenters. The fourth-order valence-electron chi connectivity index (χ4n) is 4.24. The van der Waals surface area contributed by atoms with Gasteiger partial charge in [0.15, 0.2) is 0 Å². The molecule has 1 fully saturated rings. The molecular formula is C20H22N2O2. The summed E-state index contributed by atoms with van der Waals surface area (Å²) in [7, 11) is 1.57. The number of benzene rings is 2. The monoisotopic (exact) mass is 322 g/mol. The molecule has 0 aromatic heterocycles. The molecule has 0 bridgehead atoms. The fourth-order valence-corrected chi connectivity index (χ4v) is 4.24. The molecule has 2 aromatic rings. The van der Waals surface area contributed by atoms with E-state index in [2.05, 4.69) is 29.2 Å². The Bertz CT molecular complexity index is 787. The molecule has 124 valence electrons. The average molecular weight is 322 g/mol. The average Bonchev–Trinajstić information content (AvgIpc) is 3.00. The van der Waals surface area contributed by atoms with E-state index >= 15 is 0 Å². The van der Waals surface area contributed by atoms with Gasteiger partial charge in [-0.2, -0.15) is 0 Å². The highest BCUT2D eigenvalue weighted by atomic mass is 16.5. The Kier molecular flexibility index (Phi) is 3.68. The third kappa shape index (κ3) is 2.33. The minimum Gasteiger partial charge on any atom is -0.495 e. The van der Waals surface area contributed by atoms with Crippen LogP contribution in [0.3, 0.4) is 0 Å². The van der Waals surface area contributed by atoms with Gasteiger partial charge in [0, 0.05) is 24.1 Å². The van der Waals surface area contributed by atoms with Crippen LogP contribution in [0.25, 0.3) is 0 Å². The van der Waals surface area contributed by atoms with Crippen molar-refractivity contribution < 1.29 is 9.53 Å². The molecule has 0 radical (unpaired) electrons. The van der Waals surface area contributed by atoms with Crippen molar-refractivity contribution in [3.8, 4) is 5.75 Å². The second kappa shape index (κ2) is 5.86. The van der Waals surface area contributed by atoms with Crippen molar-refractivity contribution in [3.05, 3.63) is 59.2 Å². The van der Waals surface area contributed by atoms with Crippen molar-refractivity contribution in [2.75, 3.05) is 19.4 Å². The number of rotatable bonds is 2. The summed E-state index contributed by atoms with van der Waals surface area (Å²) in [6, 6.07) is 14.2. The molecule has 4 rings (SSSR count). The first-order valence-corrected chi connectivity index (χ1v) is 8.51. The first-order valence-electron chi connectivity index (χ1n) is 8.51. The Labute approximate surface area is 142 Å². The van der Waals surface area contributed by atoms with E-state index in [1.807, 2.05) is 0 Å². The summed E-state index contributed by atoms with van der Waals surface area (Å²) < 4.78 is 5.26. The molecule has 0 saturated carbocycles. The van der Waals surface area contributed by atoms with Crippen molar-refractivity contribution in [2.45, 2.75) is 31.2 Å². The van der Waals surface area contributed by atoms with Gasteiger partial charge in [-0.25, -0.2) is 0 Å². The summed E-state index contributed by atoms with van der Waals surface area (Å²) in [5, 5.41) is 0. The zero-order valence-electron chi connectivity index (χ0n) is 13.9. The van der Waals surface area contributed by atoms with Crippen molar-refractivity contribution in [2.24, 2.45) is 0 Å². The van der Waals surface area contributed by atoms with E-state index in [1.54, 1.807) is 25.3 Å². The molecule has 24 heavy (non-hydrogen) atoms. The number of carbonyl (C=O) groups excluding carboxylic acids is 1. The highest BCUT2D eigenvalue weighted by Gasteiger charge is 2.40. The molecule has 1 aliphatic heterocycles. The molecule has 0 spiro atoms. The van der Waals surface area contributed by atoms with Gasteiger partial charge in [0.05, 0.1) is 12.8 Å². The Balaban J connectivity index is 1.64. The van der Waals surface area contributed by atoms with Gasteiger partial charge >= 0.3 is 0 Å². The van der Waals surface area contributed by atoms with Gasteiger partial charge in [0.25, 0.3) is 5.91 Å². The number of amides is 1. The predicted molar refractivity (Wildman–Crippen MR) is 94.4 cm³/mol. The van der Waals surface area contributed by atoms with Crippen LogP contribution in [0.2, 0.25) is 0 Å². The lowest BCUT2D eigenvalue weighted by Crippen LogP contribution is -2.46. The molecule has 2 aromatic carbocycles. The van der Waals surface area contributed by atoms with E-state index in [0.717, 1.165) is 25.8 Å². The quantitative estimate of drug-likeness (QED) is 0.864. The number of fused-ring (bicyclic) bond motifs is 3. The first kappa shape index (κ1) is 15.1. The number of ether oxygens (including phenoxy) is 1. The zero-order chi connectivity index (χ0) is 16.7. The van der Waals surface area contributed by atoms with Crippen molar-refractivity contribution in [1.29, 1.82) is 0 Å². The summed E-state index contributed by atoms with van der Waals surface area (Å²) >= 11 is 0. The highest BCUT2D eigenvalue weighted by molar-refractivity contribution is 5.95. The molecule has 1 aliphatic carbocycles. The number of nitrogens with zero attached hydrogens (tertiary/aromatic N) is 1. The first-order chi connectivity index (χ1) is 11.7. The van der Waals surface area contributed by atoms with E-state index in [4.69, 9.17) is 10.5 Å². The molecule has 1 heterocycles. The molecule has 2 aliphatic rings. The lowest BCUT2D eigenvalue weighted by molar-refractivity contribution is 0.0595. The maximum atomic E-state index is 13.1. The number of nitrogens with two attached hydrogens (primary N) is 1. The normalized spacial score (nSPS) is 22.0. The van der Waals surface area contributed by atoms with Crippen molar-refractivity contribution in [1.82, 2.24) is 4.90 Å². The Hall–Kier alpha value is -2.49. The summed E-state index contributed by atoms with van der Waals surface area (Å²) in [5.74, 6) is 1.11. The maximum absolute atomic E-state index is 13.1. The number of methoxy groups -OCH3 is 1. The lowest BCUT2D eigenvalue weighted by Gasteiger charge is -2.38. The van der Waals surface area contributed by atoms with E-state index < -0.39 is 0 Å². The smallest absolute Gasteiger partial charge is 0.254 e. The molecule has 2 N–H and O–H groups in total. The van der Waals surface area contributed by atoms with Gasteiger partial charge < -0.3 is 15.4 Å². The minimum atomic E-state index is 0.0795. The minimum absolute atomic E-state index is 0.0795. The lowest BCUT2D eigenvalue weighted by atomic mass is 9.88. The van der Waals surface area contributed by atoms with Gasteiger partial charge in [-0.05, 0) is 48.6 Å². The van der Waals surface area contributed by atoms with Crippen LogP contribution in [-0.2, 0) is 6.42 Å². The summed E-state index contributed by atoms with van der Waals surface area (Å²) in [6.45, 7) is 0.820. The van der Waals surface area contributed by atoms with Crippen molar-refractivity contribution in [3.63, 3.8) is 0 Å². The number of carbonyl (C=O) groups is 1. The molecule has 2 atom stereocenters. The Morgan fingerprint density at radius 1 is 1.25 bits per heavy atom. The standard InChI is InChI=1S/C20H22N2O2/c1-24-19-12-14(8-9-17(19)21)20(23)22-10-4-7-16-15-6-3-2-5-13(15)11-18(16)22/h2-3,5-6,8-9,12,16,18H,4,7,10-11,21H2,1H3/t16-,18+/m0/s1. The zero-order valence-corrected chi connectivity index (χ0v) is 13.9. The molecular weight excluding hydrogens is 300 g/mol. The van der Waals surface area contributed by atoms with E-state index in [-0.39, 0.29) is 11.9 Å². The maximum Gasteiger partial charge on any atom is 0.254 e. The van der Waals surface area contributed by atoms with Crippen LogP contribution in [-0.4, -0.2) is 30.5 Å². The van der Waals surface area contributed by atoms with Gasteiger partial charge in [-0.3, -0.25) is 4.79 Å². The number of likely N-dealkylation sites (tertiary alicyclic amines) is 1. The van der Waals surface area contributed by atoms with Gasteiger partial charge in [0.1, 0.15) is 5.75 Å². The fraction of sp³-hybridized carbons (Fsp3) is 0.350. The van der Waals surface area contributed by atoms with Crippen LogP contribution in [0.5, 0.6) is 5.75 Å². The van der Waals surface area contributed by atoms with Gasteiger partial charge in [0.2, 0.25) is 0 Å². The number of anilines is 1. The van der Waals surface area contributed by atoms with E-state index in [1.165, 1.54) is 11.1 Å². The molecule has 1 saturated heterocycles. The topological polar surface area (TPSA) is 55.6 Å². The number of nitrogen functional groups attached to an aromatic ring is 1. The number of hydrogen-bond acceptors (Lipinski definition) is 3. The predicted octanol–water partition coefficient (Wildman–Crippen LogP) is 3.22. The Morgan fingerprint density at radius 2 is 2.08 bits per heavy atom. The third-order valence-corrected chi connectivity index (χ3v) is 5.40. The molecule has 1 amide bonds. The largest absolute Gasteiger partial charge is 0.495 e. The van der Waals surface area contributed by atoms with Crippen LogP contribution < -0.4 is 10.5 Å². The van der Waals surface area contributed by atoms with Gasteiger partial charge in [-0.1, -0.05) is 24.3 Å². The van der Waals surface area contributed by atoms with Crippen LogP contribution in [0, 0.1) is 0 Å². The van der Waals surface area contributed by atoms with Crippen LogP contribution in [0.1, 0.15) is 40.2 Å². The second-order valence-electron chi connectivity index (χ2n) is 6.67. The SMILES string of the molecule is COc1cc(C(=O)N2CCC[C@H]3c4ccccc4C[C@H]32)ccc1N. The van der Waals surface area contributed by atoms with E-state index in [0.29, 0.717) is 22.9 Å². The second-order valence-corrected chi connectivity index (χ2v) is 6.67. The van der Waals surface area contributed by atoms with Crippen LogP contribution >= 0.6 is 0 Å². The van der Waals surface area contributed by atoms with E-state index in [9.17, 15) is 4.79 Å². The summed E-state index contributed by atoms with van der Waals surface area (Å²) in [4.78, 5) is 15.2. The Morgan fingerprint density at radius 3 is 2.92 bits per heavy atom. The number of hydrogen-bond donors (Lipinski definition) is 1. The van der Waals surface area contributed by atoms with Crippen molar-refractivity contribution >= 4 is 11.6 Å². The van der Waals surface area contributed by atoms with Gasteiger partial charge in [-0.15, -0.1) is 0 Å². The van der Waals surface area contributed by atoms with Crippen LogP contribution in [0.15, 0.2) is 42.5 Å². The third-order valence-electron chi connectivity index (χ3n) is 5.40. The summed E-state index contributed by atoms with van der Waals surface area (Å²) in [5.41, 5.74) is 9.89. The summed E-state index contributed by atoms with van der Waals surface area (Å²) in [6.07, 6.45) is 3.17. The molecule has 4 heteroatoms. The number of piperidine rings is 1. The molecule has 4 nitrogen and oxygen atoms in total. The van der Waals surface area contributed by atoms with Crippen LogP contribution in [0.4, 0.5) is 5.69 Å².